The third kappa shape index (κ3) is 3.31. The molecule has 0 saturated carbocycles. The largest absolute Gasteiger partial charge is 0.496 e. The van der Waals surface area contributed by atoms with Gasteiger partial charge < -0.3 is 15.2 Å². The van der Waals surface area contributed by atoms with E-state index in [0.29, 0.717) is 6.54 Å². The van der Waals surface area contributed by atoms with E-state index in [1.807, 2.05) is 38.1 Å². The quantitative estimate of drug-likeness (QED) is 0.903. The van der Waals surface area contributed by atoms with Crippen LogP contribution in [0.1, 0.15) is 19.4 Å². The maximum absolute atomic E-state index is 5.75. The van der Waals surface area contributed by atoms with Crippen molar-refractivity contribution in [3.8, 4) is 22.6 Å². The summed E-state index contributed by atoms with van der Waals surface area (Å²) in [7, 11) is 1.66. The molecule has 0 radical (unpaired) electrons. The SMILES string of the molecule is COc1ccc(-c2ccc(OC(C)C)cc2)cc1CN. The van der Waals surface area contributed by atoms with Gasteiger partial charge in [-0.1, -0.05) is 18.2 Å². The van der Waals surface area contributed by atoms with Crippen molar-refractivity contribution in [2.24, 2.45) is 5.73 Å². The van der Waals surface area contributed by atoms with Crippen LogP contribution in [-0.4, -0.2) is 13.2 Å². The molecular weight excluding hydrogens is 250 g/mol. The summed E-state index contributed by atoms with van der Waals surface area (Å²) < 4.78 is 10.9. The van der Waals surface area contributed by atoms with Crippen LogP contribution in [0.4, 0.5) is 0 Å². The smallest absolute Gasteiger partial charge is 0.123 e. The minimum Gasteiger partial charge on any atom is -0.496 e. The van der Waals surface area contributed by atoms with Gasteiger partial charge in [-0.25, -0.2) is 0 Å². The normalized spacial score (nSPS) is 10.7. The van der Waals surface area contributed by atoms with Crippen LogP contribution in [0.15, 0.2) is 42.5 Å². The van der Waals surface area contributed by atoms with Crippen molar-refractivity contribution in [3.63, 3.8) is 0 Å². The first-order valence-electron chi connectivity index (χ1n) is 6.78. The molecule has 3 heteroatoms. The lowest BCUT2D eigenvalue weighted by Gasteiger charge is -2.12. The predicted molar refractivity (Wildman–Crippen MR) is 82.1 cm³/mol. The van der Waals surface area contributed by atoms with E-state index in [4.69, 9.17) is 15.2 Å². The van der Waals surface area contributed by atoms with Gasteiger partial charge in [0.05, 0.1) is 13.2 Å². The molecule has 0 fully saturated rings. The average molecular weight is 271 g/mol. The van der Waals surface area contributed by atoms with E-state index in [1.165, 1.54) is 0 Å². The lowest BCUT2D eigenvalue weighted by atomic mass is 10.0. The van der Waals surface area contributed by atoms with Gasteiger partial charge in [0.2, 0.25) is 0 Å². The molecule has 0 spiro atoms. The molecule has 2 rings (SSSR count). The van der Waals surface area contributed by atoms with Gasteiger partial charge in [0, 0.05) is 12.1 Å². The second kappa shape index (κ2) is 6.44. The fourth-order valence-corrected chi connectivity index (χ4v) is 2.12. The summed E-state index contributed by atoms with van der Waals surface area (Å²) >= 11 is 0. The van der Waals surface area contributed by atoms with Gasteiger partial charge in [-0.05, 0) is 49.2 Å². The topological polar surface area (TPSA) is 44.5 Å². The summed E-state index contributed by atoms with van der Waals surface area (Å²) in [5.41, 5.74) is 9.02. The summed E-state index contributed by atoms with van der Waals surface area (Å²) in [5.74, 6) is 1.72. The number of hydrogen-bond donors (Lipinski definition) is 1. The molecule has 2 N–H and O–H groups in total. The van der Waals surface area contributed by atoms with E-state index in [9.17, 15) is 0 Å². The van der Waals surface area contributed by atoms with Gasteiger partial charge in [0.1, 0.15) is 11.5 Å². The van der Waals surface area contributed by atoms with Crippen molar-refractivity contribution in [1.29, 1.82) is 0 Å². The number of hydrogen-bond acceptors (Lipinski definition) is 3. The number of rotatable bonds is 5. The lowest BCUT2D eigenvalue weighted by Crippen LogP contribution is -2.05. The third-order valence-electron chi connectivity index (χ3n) is 3.06. The first kappa shape index (κ1) is 14.4. The highest BCUT2D eigenvalue weighted by molar-refractivity contribution is 5.66. The number of ether oxygens (including phenoxy) is 2. The fraction of sp³-hybridized carbons (Fsp3) is 0.294. The Hall–Kier alpha value is -2.00. The Morgan fingerprint density at radius 1 is 1.00 bits per heavy atom. The Balaban J connectivity index is 2.27. The molecule has 0 aromatic heterocycles. The first-order valence-corrected chi connectivity index (χ1v) is 6.78. The van der Waals surface area contributed by atoms with Crippen molar-refractivity contribution < 1.29 is 9.47 Å². The minimum atomic E-state index is 0.186. The molecule has 0 heterocycles. The van der Waals surface area contributed by atoms with E-state index in [-0.39, 0.29) is 6.10 Å². The average Bonchev–Trinajstić information content (AvgIpc) is 2.46. The van der Waals surface area contributed by atoms with Crippen molar-refractivity contribution in [1.82, 2.24) is 0 Å². The molecular formula is C17H21NO2. The summed E-state index contributed by atoms with van der Waals surface area (Å²) in [5, 5.41) is 0. The van der Waals surface area contributed by atoms with Gasteiger partial charge in [-0.15, -0.1) is 0 Å². The number of benzene rings is 2. The zero-order chi connectivity index (χ0) is 14.5. The monoisotopic (exact) mass is 271 g/mol. The van der Waals surface area contributed by atoms with Crippen LogP contribution in [0, 0.1) is 0 Å². The molecule has 3 nitrogen and oxygen atoms in total. The first-order chi connectivity index (χ1) is 9.63. The van der Waals surface area contributed by atoms with E-state index in [1.54, 1.807) is 7.11 Å². The van der Waals surface area contributed by atoms with Gasteiger partial charge in [0.15, 0.2) is 0 Å². The number of nitrogens with two attached hydrogens (primary N) is 1. The minimum absolute atomic E-state index is 0.186. The molecule has 106 valence electrons. The molecule has 0 atom stereocenters. The lowest BCUT2D eigenvalue weighted by molar-refractivity contribution is 0.242. The molecule has 0 unspecified atom stereocenters. The second-order valence-electron chi connectivity index (χ2n) is 4.92. The van der Waals surface area contributed by atoms with Crippen LogP contribution in [0.3, 0.4) is 0 Å². The Morgan fingerprint density at radius 2 is 1.65 bits per heavy atom. The van der Waals surface area contributed by atoms with E-state index in [2.05, 4.69) is 18.2 Å². The second-order valence-corrected chi connectivity index (χ2v) is 4.92. The van der Waals surface area contributed by atoms with Crippen LogP contribution < -0.4 is 15.2 Å². The highest BCUT2D eigenvalue weighted by atomic mass is 16.5. The number of methoxy groups -OCH3 is 1. The summed E-state index contributed by atoms with van der Waals surface area (Å²) in [6.45, 7) is 4.50. The van der Waals surface area contributed by atoms with Crippen molar-refractivity contribution in [3.05, 3.63) is 48.0 Å². The van der Waals surface area contributed by atoms with Crippen molar-refractivity contribution >= 4 is 0 Å². The summed E-state index contributed by atoms with van der Waals surface area (Å²) in [6, 6.07) is 14.1. The van der Waals surface area contributed by atoms with Gasteiger partial charge in [-0.2, -0.15) is 0 Å². The summed E-state index contributed by atoms with van der Waals surface area (Å²) in [6.07, 6.45) is 0.186. The Labute approximate surface area is 120 Å². The molecule has 0 amide bonds. The molecule has 0 saturated heterocycles. The maximum Gasteiger partial charge on any atom is 0.123 e. The molecule has 20 heavy (non-hydrogen) atoms. The Bertz CT molecular complexity index is 562. The highest BCUT2D eigenvalue weighted by Crippen LogP contribution is 2.27. The van der Waals surface area contributed by atoms with E-state index in [0.717, 1.165) is 28.2 Å². The van der Waals surface area contributed by atoms with Crippen LogP contribution in [0.5, 0.6) is 11.5 Å². The summed E-state index contributed by atoms with van der Waals surface area (Å²) in [4.78, 5) is 0. The van der Waals surface area contributed by atoms with Crippen LogP contribution in [-0.2, 0) is 6.54 Å². The predicted octanol–water partition coefficient (Wildman–Crippen LogP) is 3.61. The van der Waals surface area contributed by atoms with Crippen molar-refractivity contribution in [2.45, 2.75) is 26.5 Å². The Morgan fingerprint density at radius 3 is 2.20 bits per heavy atom. The van der Waals surface area contributed by atoms with Crippen LogP contribution in [0.25, 0.3) is 11.1 Å². The molecule has 0 aliphatic rings. The molecule has 0 bridgehead atoms. The van der Waals surface area contributed by atoms with E-state index < -0.39 is 0 Å². The fourth-order valence-electron chi connectivity index (χ4n) is 2.12. The molecule has 0 aliphatic carbocycles. The van der Waals surface area contributed by atoms with Gasteiger partial charge in [-0.3, -0.25) is 0 Å². The van der Waals surface area contributed by atoms with Gasteiger partial charge >= 0.3 is 0 Å². The Kier molecular flexibility index (Phi) is 4.64. The molecule has 0 aliphatic heterocycles. The zero-order valence-corrected chi connectivity index (χ0v) is 12.2. The van der Waals surface area contributed by atoms with Crippen LogP contribution in [0.2, 0.25) is 0 Å². The zero-order valence-electron chi connectivity index (χ0n) is 12.2. The standard InChI is InChI=1S/C17H21NO2/c1-12(2)20-16-7-4-13(5-8-16)14-6-9-17(19-3)15(10-14)11-18/h4-10,12H,11,18H2,1-3H3. The van der Waals surface area contributed by atoms with Crippen molar-refractivity contribution in [2.75, 3.05) is 7.11 Å². The molecule has 2 aromatic rings. The van der Waals surface area contributed by atoms with Gasteiger partial charge in [0.25, 0.3) is 0 Å². The third-order valence-corrected chi connectivity index (χ3v) is 3.06. The van der Waals surface area contributed by atoms with E-state index >= 15 is 0 Å². The van der Waals surface area contributed by atoms with Crippen LogP contribution >= 0.6 is 0 Å². The highest BCUT2D eigenvalue weighted by Gasteiger charge is 2.05. The maximum atomic E-state index is 5.75. The molecule has 2 aromatic carbocycles.